The van der Waals surface area contributed by atoms with Crippen molar-refractivity contribution in [3.05, 3.63) is 112 Å². The second kappa shape index (κ2) is 11.7. The topological polar surface area (TPSA) is 110 Å². The molecule has 5 aromatic rings. The van der Waals surface area contributed by atoms with Crippen LogP contribution in [0, 0.1) is 34.2 Å². The van der Waals surface area contributed by atoms with Crippen molar-refractivity contribution in [3.63, 3.8) is 0 Å². The number of aromatic carboxylic acids is 1. The van der Waals surface area contributed by atoms with Crippen molar-refractivity contribution in [3.8, 4) is 23.2 Å². The summed E-state index contributed by atoms with van der Waals surface area (Å²) in [6, 6.07) is 17.4. The Kier molecular flexibility index (Phi) is 7.76. The van der Waals surface area contributed by atoms with Crippen molar-refractivity contribution >= 4 is 17.0 Å². The maximum atomic E-state index is 15.6. The van der Waals surface area contributed by atoms with E-state index in [1.54, 1.807) is 18.2 Å². The number of ether oxygens (including phenoxy) is 2. The van der Waals surface area contributed by atoms with Gasteiger partial charge in [-0.05, 0) is 60.2 Å². The van der Waals surface area contributed by atoms with E-state index in [0.717, 1.165) is 12.1 Å². The molecule has 3 heterocycles. The molecule has 6 rings (SSSR count). The van der Waals surface area contributed by atoms with Gasteiger partial charge in [0.05, 0.1) is 53.2 Å². The van der Waals surface area contributed by atoms with Gasteiger partial charge in [-0.1, -0.05) is 26.0 Å². The number of nitrogens with zero attached hydrogens (tertiary/aromatic N) is 4. The van der Waals surface area contributed by atoms with E-state index in [9.17, 15) is 18.7 Å². The van der Waals surface area contributed by atoms with E-state index >= 15 is 4.39 Å². The van der Waals surface area contributed by atoms with Crippen molar-refractivity contribution in [2.24, 2.45) is 5.41 Å². The molecule has 1 saturated heterocycles. The summed E-state index contributed by atoms with van der Waals surface area (Å²) in [5.41, 5.74) is 2.26. The summed E-state index contributed by atoms with van der Waals surface area (Å²) < 4.78 is 57.6. The lowest BCUT2D eigenvalue weighted by atomic mass is 9.87. The highest BCUT2D eigenvalue weighted by atomic mass is 19.1. The fourth-order valence-electron chi connectivity index (χ4n) is 5.54. The van der Waals surface area contributed by atoms with Gasteiger partial charge in [-0.15, -0.1) is 0 Å². The number of nitriles is 1. The first-order valence-electron chi connectivity index (χ1n) is 14.1. The Labute approximate surface area is 256 Å². The minimum atomic E-state index is -1.05. The van der Waals surface area contributed by atoms with E-state index in [2.05, 4.69) is 18.8 Å². The van der Waals surface area contributed by atoms with Crippen molar-refractivity contribution in [1.29, 1.82) is 5.26 Å². The quantitative estimate of drug-likeness (QED) is 0.204. The maximum Gasteiger partial charge on any atom is 0.335 e. The maximum absolute atomic E-state index is 15.6. The average Bonchev–Trinajstić information content (AvgIpc) is 3.54. The van der Waals surface area contributed by atoms with Gasteiger partial charge >= 0.3 is 5.97 Å². The Morgan fingerprint density at radius 1 is 1.04 bits per heavy atom. The van der Waals surface area contributed by atoms with Crippen LogP contribution in [0.4, 0.5) is 13.2 Å². The van der Waals surface area contributed by atoms with Gasteiger partial charge in [-0.3, -0.25) is 0 Å². The Morgan fingerprint density at radius 2 is 1.87 bits per heavy atom. The molecular formula is C34H27F3N4O4. The number of carbonyl (C=O) groups is 1. The minimum absolute atomic E-state index is 0.105. The van der Waals surface area contributed by atoms with Gasteiger partial charge in [-0.25, -0.2) is 27.9 Å². The van der Waals surface area contributed by atoms with E-state index in [1.807, 2.05) is 10.6 Å². The molecule has 0 radical (unpaired) electrons. The third-order valence-corrected chi connectivity index (χ3v) is 8.01. The lowest BCUT2D eigenvalue weighted by Crippen LogP contribution is -2.27. The zero-order valence-corrected chi connectivity index (χ0v) is 24.4. The fourth-order valence-corrected chi connectivity index (χ4v) is 5.54. The number of benzene rings is 3. The summed E-state index contributed by atoms with van der Waals surface area (Å²) in [4.78, 5) is 20.6. The Morgan fingerprint density at radius 3 is 2.56 bits per heavy atom. The molecule has 2 aromatic heterocycles. The van der Waals surface area contributed by atoms with E-state index in [4.69, 9.17) is 19.7 Å². The minimum Gasteiger partial charge on any atom is -0.478 e. The average molecular weight is 613 g/mol. The highest BCUT2D eigenvalue weighted by Gasteiger charge is 2.39. The number of carboxylic acids is 1. The number of imidazole rings is 1. The van der Waals surface area contributed by atoms with Gasteiger partial charge in [0.2, 0.25) is 0 Å². The lowest BCUT2D eigenvalue weighted by molar-refractivity contribution is 0.0697. The molecule has 0 aliphatic carbocycles. The van der Waals surface area contributed by atoms with Crippen LogP contribution >= 0.6 is 0 Å². The standard InChI is InChI=1S/C34H27F3N4O4/c1-34(2)18-44-17-30(34)41-29-14-21(33(42)43)6-9-28(29)39-31(41)13-19-4-7-23(26(37)11-19)27-10-8-24(35)32(40-27)45-16-22-5-3-20(15-38)12-25(22)36/h3-12,14,30H,13,16-18H2,1-2H3,(H,42,43). The smallest absolute Gasteiger partial charge is 0.335 e. The SMILES string of the molecule is CC1(C)COCC1n1c(Cc2ccc(-c3ccc(F)c(OCc4ccc(C#N)cc4F)n3)c(F)c2)nc2ccc(C(=O)O)cc21. The second-order valence-electron chi connectivity index (χ2n) is 11.6. The van der Waals surface area contributed by atoms with Crippen LogP contribution in [-0.2, 0) is 17.8 Å². The molecule has 0 amide bonds. The van der Waals surface area contributed by atoms with Gasteiger partial charge in [0.25, 0.3) is 5.88 Å². The number of carboxylic acid groups (broad SMARTS) is 1. The number of hydrogen-bond donors (Lipinski definition) is 1. The van der Waals surface area contributed by atoms with E-state index in [0.29, 0.717) is 35.6 Å². The molecule has 0 saturated carbocycles. The number of rotatable bonds is 8. The molecule has 45 heavy (non-hydrogen) atoms. The molecule has 1 unspecified atom stereocenters. The molecule has 8 nitrogen and oxygen atoms in total. The molecular weight excluding hydrogens is 585 g/mol. The van der Waals surface area contributed by atoms with Gasteiger partial charge in [0, 0.05) is 23.0 Å². The molecule has 1 aliphatic rings. The van der Waals surface area contributed by atoms with E-state index in [-0.39, 0.29) is 52.4 Å². The first-order valence-corrected chi connectivity index (χ1v) is 14.1. The van der Waals surface area contributed by atoms with Gasteiger partial charge in [-0.2, -0.15) is 5.26 Å². The van der Waals surface area contributed by atoms with Gasteiger partial charge in [0.1, 0.15) is 24.1 Å². The second-order valence-corrected chi connectivity index (χ2v) is 11.6. The molecule has 1 fully saturated rings. The third kappa shape index (κ3) is 5.84. The highest BCUT2D eigenvalue weighted by molar-refractivity contribution is 5.92. The van der Waals surface area contributed by atoms with E-state index < -0.39 is 29.3 Å². The predicted octanol–water partition coefficient (Wildman–Crippen LogP) is 6.85. The van der Waals surface area contributed by atoms with Crippen LogP contribution in [0.15, 0.2) is 66.7 Å². The van der Waals surface area contributed by atoms with Crippen LogP contribution in [0.25, 0.3) is 22.3 Å². The largest absolute Gasteiger partial charge is 0.478 e. The zero-order valence-electron chi connectivity index (χ0n) is 24.4. The summed E-state index contributed by atoms with van der Waals surface area (Å²) in [7, 11) is 0. The molecule has 3 aromatic carbocycles. The molecule has 0 spiro atoms. The number of aromatic nitrogens is 3. The van der Waals surface area contributed by atoms with Gasteiger partial charge < -0.3 is 19.1 Å². The van der Waals surface area contributed by atoms with Crippen molar-refractivity contribution in [1.82, 2.24) is 14.5 Å². The Hall–Kier alpha value is -5.21. The molecule has 11 heteroatoms. The molecule has 1 N–H and O–H groups in total. The first kappa shape index (κ1) is 29.8. The molecule has 1 aliphatic heterocycles. The molecule has 0 bridgehead atoms. The van der Waals surface area contributed by atoms with Gasteiger partial charge in [0.15, 0.2) is 5.82 Å². The highest BCUT2D eigenvalue weighted by Crippen LogP contribution is 2.40. The van der Waals surface area contributed by atoms with Crippen LogP contribution in [-0.4, -0.2) is 38.8 Å². The fraction of sp³-hybridized carbons (Fsp3) is 0.235. The number of halogens is 3. The summed E-state index contributed by atoms with van der Waals surface area (Å²) >= 11 is 0. The van der Waals surface area contributed by atoms with Crippen molar-refractivity contribution in [2.45, 2.75) is 32.9 Å². The Bertz CT molecular complexity index is 2000. The summed E-state index contributed by atoms with van der Waals surface area (Å²) in [6.07, 6.45) is 0.252. The first-order chi connectivity index (χ1) is 21.5. The van der Waals surface area contributed by atoms with Crippen molar-refractivity contribution < 1.29 is 32.5 Å². The molecule has 1 atom stereocenters. The Balaban J connectivity index is 1.29. The van der Waals surface area contributed by atoms with Crippen LogP contribution in [0.2, 0.25) is 0 Å². The van der Waals surface area contributed by atoms with Crippen LogP contribution < -0.4 is 4.74 Å². The number of fused-ring (bicyclic) bond motifs is 1. The predicted molar refractivity (Wildman–Crippen MR) is 158 cm³/mol. The summed E-state index contributed by atoms with van der Waals surface area (Å²) in [6.45, 7) is 4.75. The van der Waals surface area contributed by atoms with Crippen LogP contribution in [0.1, 0.15) is 52.8 Å². The summed E-state index contributed by atoms with van der Waals surface area (Å²) in [5, 5.41) is 18.5. The van der Waals surface area contributed by atoms with Crippen LogP contribution in [0.3, 0.4) is 0 Å². The monoisotopic (exact) mass is 612 g/mol. The van der Waals surface area contributed by atoms with Crippen molar-refractivity contribution in [2.75, 3.05) is 13.2 Å². The zero-order chi connectivity index (χ0) is 31.9. The number of hydrogen-bond acceptors (Lipinski definition) is 6. The van der Waals surface area contributed by atoms with Crippen LogP contribution in [0.5, 0.6) is 5.88 Å². The summed E-state index contributed by atoms with van der Waals surface area (Å²) in [5.74, 6) is -2.91. The molecule has 228 valence electrons. The normalized spacial score (nSPS) is 15.7. The number of pyridine rings is 1. The lowest BCUT2D eigenvalue weighted by Gasteiger charge is -2.28. The van der Waals surface area contributed by atoms with E-state index in [1.165, 1.54) is 36.4 Å². The third-order valence-electron chi connectivity index (χ3n) is 8.01.